The molecule has 2 aliphatic rings. The van der Waals surface area contributed by atoms with E-state index in [1.165, 1.54) is 32.1 Å². The van der Waals surface area contributed by atoms with Crippen LogP contribution in [0.25, 0.3) is 0 Å². The molecule has 2 fully saturated rings. The van der Waals surface area contributed by atoms with Gasteiger partial charge in [0.25, 0.3) is 0 Å². The first kappa shape index (κ1) is 14.6. The molecule has 0 unspecified atom stereocenters. The molecule has 1 aromatic carbocycles. The average Bonchev–Trinajstić information content (AvgIpc) is 3.23. The molecule has 21 heavy (non-hydrogen) atoms. The van der Waals surface area contributed by atoms with E-state index >= 15 is 0 Å². The van der Waals surface area contributed by atoms with E-state index in [0.29, 0.717) is 12.4 Å². The molecule has 3 rings (SSSR count). The maximum Gasteiger partial charge on any atom is 0.168 e. The molecule has 0 bridgehead atoms. The van der Waals surface area contributed by atoms with Gasteiger partial charge >= 0.3 is 0 Å². The Morgan fingerprint density at radius 1 is 1.24 bits per heavy atom. The van der Waals surface area contributed by atoms with E-state index < -0.39 is 0 Å². The first-order chi connectivity index (χ1) is 10.2. The molecular formula is C19H25FO. The lowest BCUT2D eigenvalue weighted by molar-refractivity contribution is 0.216. The third-order valence-corrected chi connectivity index (χ3v) is 4.84. The second kappa shape index (κ2) is 6.64. The summed E-state index contributed by atoms with van der Waals surface area (Å²) in [6, 6.07) is 3.80. The Labute approximate surface area is 127 Å². The van der Waals surface area contributed by atoms with E-state index in [1.807, 2.05) is 13.0 Å². The Bertz CT molecular complexity index is 513. The molecule has 0 N–H and O–H groups in total. The van der Waals surface area contributed by atoms with Gasteiger partial charge in [-0.1, -0.05) is 37.5 Å². The predicted molar refractivity (Wildman–Crippen MR) is 84.2 cm³/mol. The van der Waals surface area contributed by atoms with Crippen LogP contribution >= 0.6 is 0 Å². The van der Waals surface area contributed by atoms with Gasteiger partial charge in [-0.3, -0.25) is 0 Å². The van der Waals surface area contributed by atoms with Gasteiger partial charge in [-0.15, -0.1) is 0 Å². The number of halogens is 1. The molecule has 0 aliphatic heterocycles. The molecular weight excluding hydrogens is 263 g/mol. The summed E-state index contributed by atoms with van der Waals surface area (Å²) in [5, 5.41) is 0. The number of hydrogen-bond acceptors (Lipinski definition) is 1. The normalized spacial score (nSPS) is 19.0. The number of allylic oxidation sites excluding steroid dienone is 2. The van der Waals surface area contributed by atoms with Crippen LogP contribution in [0.4, 0.5) is 4.39 Å². The minimum absolute atomic E-state index is 0.180. The second-order valence-corrected chi connectivity index (χ2v) is 6.57. The van der Waals surface area contributed by atoms with Crippen molar-refractivity contribution in [3.05, 3.63) is 41.2 Å². The SMILES string of the molecule is Cc1c(C/C=C/C2CC2)ccc(OCCC2CCC2)c1F. The highest BCUT2D eigenvalue weighted by atomic mass is 19.1. The maximum atomic E-state index is 14.3. The Kier molecular flexibility index (Phi) is 4.62. The highest BCUT2D eigenvalue weighted by Crippen LogP contribution is 2.31. The lowest BCUT2D eigenvalue weighted by Crippen LogP contribution is -2.14. The van der Waals surface area contributed by atoms with Crippen LogP contribution in [0, 0.1) is 24.6 Å². The molecule has 0 radical (unpaired) electrons. The summed E-state index contributed by atoms with van der Waals surface area (Å²) in [6.07, 6.45) is 12.9. The lowest BCUT2D eigenvalue weighted by Gasteiger charge is -2.25. The van der Waals surface area contributed by atoms with E-state index in [-0.39, 0.29) is 5.82 Å². The zero-order valence-corrected chi connectivity index (χ0v) is 12.9. The van der Waals surface area contributed by atoms with Crippen LogP contribution in [0.5, 0.6) is 5.75 Å². The van der Waals surface area contributed by atoms with Gasteiger partial charge in [-0.25, -0.2) is 4.39 Å². The van der Waals surface area contributed by atoms with Crippen molar-refractivity contribution < 1.29 is 9.13 Å². The minimum atomic E-state index is -0.180. The smallest absolute Gasteiger partial charge is 0.168 e. The largest absolute Gasteiger partial charge is 0.490 e. The summed E-state index contributed by atoms with van der Waals surface area (Å²) in [6.45, 7) is 2.50. The third-order valence-electron chi connectivity index (χ3n) is 4.84. The Morgan fingerprint density at radius 3 is 2.71 bits per heavy atom. The molecule has 2 saturated carbocycles. The fourth-order valence-electron chi connectivity index (χ4n) is 2.83. The predicted octanol–water partition coefficient (Wildman–Crippen LogP) is 5.21. The highest BCUT2D eigenvalue weighted by Gasteiger charge is 2.18. The molecule has 0 heterocycles. The van der Waals surface area contributed by atoms with E-state index in [9.17, 15) is 4.39 Å². The third kappa shape index (κ3) is 3.87. The van der Waals surface area contributed by atoms with Gasteiger partial charge < -0.3 is 4.74 Å². The summed E-state index contributed by atoms with van der Waals surface area (Å²) < 4.78 is 20.0. The van der Waals surface area contributed by atoms with Gasteiger partial charge in [0.2, 0.25) is 0 Å². The maximum absolute atomic E-state index is 14.3. The Morgan fingerprint density at radius 2 is 2.05 bits per heavy atom. The summed E-state index contributed by atoms with van der Waals surface area (Å²) in [5.74, 6) is 1.83. The van der Waals surface area contributed by atoms with Crippen molar-refractivity contribution in [2.45, 2.75) is 51.9 Å². The Hall–Kier alpha value is -1.31. The highest BCUT2D eigenvalue weighted by molar-refractivity contribution is 5.38. The number of hydrogen-bond donors (Lipinski definition) is 0. The van der Waals surface area contributed by atoms with E-state index in [4.69, 9.17) is 4.74 Å². The lowest BCUT2D eigenvalue weighted by atomic mass is 9.83. The summed E-state index contributed by atoms with van der Waals surface area (Å²) >= 11 is 0. The van der Waals surface area contributed by atoms with Gasteiger partial charge in [0, 0.05) is 0 Å². The summed E-state index contributed by atoms with van der Waals surface area (Å²) in [7, 11) is 0. The van der Waals surface area contributed by atoms with Gasteiger partial charge in [0.15, 0.2) is 11.6 Å². The van der Waals surface area contributed by atoms with Crippen LogP contribution in [0.15, 0.2) is 24.3 Å². The molecule has 0 aromatic heterocycles. The quantitative estimate of drug-likeness (QED) is 0.626. The summed E-state index contributed by atoms with van der Waals surface area (Å²) in [5.41, 5.74) is 1.80. The van der Waals surface area contributed by atoms with Crippen LogP contribution in [0.2, 0.25) is 0 Å². The van der Waals surface area contributed by atoms with Gasteiger partial charge in [-0.05, 0) is 61.6 Å². The molecule has 1 aromatic rings. The monoisotopic (exact) mass is 288 g/mol. The van der Waals surface area contributed by atoms with Gasteiger partial charge in [0.05, 0.1) is 6.61 Å². The van der Waals surface area contributed by atoms with Crippen LogP contribution in [0.3, 0.4) is 0 Å². The van der Waals surface area contributed by atoms with Crippen molar-refractivity contribution in [1.82, 2.24) is 0 Å². The van der Waals surface area contributed by atoms with Crippen LogP contribution in [0.1, 0.15) is 49.7 Å². The van der Waals surface area contributed by atoms with Crippen molar-refractivity contribution >= 4 is 0 Å². The van der Waals surface area contributed by atoms with Crippen molar-refractivity contribution in [2.24, 2.45) is 11.8 Å². The minimum Gasteiger partial charge on any atom is -0.490 e. The van der Waals surface area contributed by atoms with E-state index in [1.54, 1.807) is 6.07 Å². The van der Waals surface area contributed by atoms with E-state index in [0.717, 1.165) is 35.8 Å². The first-order valence-electron chi connectivity index (χ1n) is 8.31. The molecule has 114 valence electrons. The van der Waals surface area contributed by atoms with Crippen LogP contribution in [-0.2, 0) is 6.42 Å². The van der Waals surface area contributed by atoms with Gasteiger partial charge in [0.1, 0.15) is 0 Å². The van der Waals surface area contributed by atoms with E-state index in [2.05, 4.69) is 12.2 Å². The Balaban J connectivity index is 1.55. The second-order valence-electron chi connectivity index (χ2n) is 6.57. The van der Waals surface area contributed by atoms with Crippen LogP contribution < -0.4 is 4.74 Å². The zero-order valence-electron chi connectivity index (χ0n) is 12.9. The first-order valence-corrected chi connectivity index (χ1v) is 8.31. The van der Waals surface area contributed by atoms with Gasteiger partial charge in [-0.2, -0.15) is 0 Å². The zero-order chi connectivity index (χ0) is 14.7. The molecule has 0 amide bonds. The number of rotatable bonds is 7. The van der Waals surface area contributed by atoms with Crippen LogP contribution in [-0.4, -0.2) is 6.61 Å². The molecule has 0 spiro atoms. The molecule has 1 nitrogen and oxygen atoms in total. The van der Waals surface area contributed by atoms with Crippen molar-refractivity contribution in [2.75, 3.05) is 6.61 Å². The fourth-order valence-corrected chi connectivity index (χ4v) is 2.83. The molecule has 0 saturated heterocycles. The number of ether oxygens (including phenoxy) is 1. The summed E-state index contributed by atoms with van der Waals surface area (Å²) in [4.78, 5) is 0. The fraction of sp³-hybridized carbons (Fsp3) is 0.579. The molecule has 0 atom stereocenters. The standard InChI is InChI=1S/C19H25FO/c1-14-17(7-3-6-16-8-9-16)10-11-18(19(14)20)21-13-12-15-4-2-5-15/h3,6,10-11,15-16H,2,4-5,7-9,12-13H2,1H3/b6-3+. The van der Waals surface area contributed by atoms with Crippen molar-refractivity contribution in [3.63, 3.8) is 0 Å². The van der Waals surface area contributed by atoms with Crippen molar-refractivity contribution in [3.8, 4) is 5.75 Å². The number of benzene rings is 1. The topological polar surface area (TPSA) is 9.23 Å². The van der Waals surface area contributed by atoms with Crippen molar-refractivity contribution in [1.29, 1.82) is 0 Å². The average molecular weight is 288 g/mol. The molecule has 2 heteroatoms. The molecule has 2 aliphatic carbocycles.